The summed E-state index contributed by atoms with van der Waals surface area (Å²) < 4.78 is 6.83. The Labute approximate surface area is 127 Å². The van der Waals surface area contributed by atoms with Crippen LogP contribution in [0.3, 0.4) is 0 Å². The van der Waals surface area contributed by atoms with Crippen molar-refractivity contribution in [2.75, 3.05) is 7.11 Å². The molecule has 22 heavy (non-hydrogen) atoms. The summed E-state index contributed by atoms with van der Waals surface area (Å²) in [5.74, 6) is -0.372. The fraction of sp³-hybridized carbons (Fsp3) is 0.0588. The molecule has 110 valence electrons. The van der Waals surface area contributed by atoms with E-state index in [1.165, 1.54) is 0 Å². The molecule has 1 N–H and O–H groups in total. The summed E-state index contributed by atoms with van der Waals surface area (Å²) in [6.45, 7) is 0. The minimum absolute atomic E-state index is 0.00155. The van der Waals surface area contributed by atoms with Crippen molar-refractivity contribution in [1.82, 2.24) is 9.78 Å². The molecule has 0 aliphatic heterocycles. The molecule has 0 bridgehead atoms. The second-order valence-corrected chi connectivity index (χ2v) is 4.70. The van der Waals surface area contributed by atoms with E-state index >= 15 is 0 Å². The molecule has 2 aromatic carbocycles. The van der Waals surface area contributed by atoms with Gasteiger partial charge in [-0.15, -0.1) is 0 Å². The third-order valence-electron chi connectivity index (χ3n) is 3.30. The standard InChI is InChI=1S/C17H14N2O3/c1-22-14-9-5-8-13(10-14)19-16(11-15(18-19)17(20)21)12-6-3-2-4-7-12/h2-11H,1H3,(H,20,21). The quantitative estimate of drug-likeness (QED) is 0.802. The maximum absolute atomic E-state index is 11.3. The SMILES string of the molecule is COc1cccc(-n2nc(C(=O)O)cc2-c2ccccc2)c1. The van der Waals surface area contributed by atoms with Gasteiger partial charge in [0, 0.05) is 11.6 Å². The van der Waals surface area contributed by atoms with E-state index in [-0.39, 0.29) is 5.69 Å². The molecule has 0 amide bonds. The summed E-state index contributed by atoms with van der Waals surface area (Å²) in [6.07, 6.45) is 0. The average Bonchev–Trinajstić information content (AvgIpc) is 3.01. The van der Waals surface area contributed by atoms with Crippen LogP contribution < -0.4 is 4.74 Å². The fourth-order valence-corrected chi connectivity index (χ4v) is 2.24. The van der Waals surface area contributed by atoms with Gasteiger partial charge in [-0.05, 0) is 18.2 Å². The Kier molecular flexibility index (Phi) is 3.62. The normalized spacial score (nSPS) is 10.4. The van der Waals surface area contributed by atoms with E-state index in [4.69, 9.17) is 4.74 Å². The van der Waals surface area contributed by atoms with Crippen LogP contribution in [0.1, 0.15) is 10.5 Å². The Morgan fingerprint density at radius 2 is 1.86 bits per heavy atom. The van der Waals surface area contributed by atoms with E-state index in [0.717, 1.165) is 11.3 Å². The Hall–Kier alpha value is -3.08. The number of nitrogens with zero attached hydrogens (tertiary/aromatic N) is 2. The molecule has 1 heterocycles. The van der Waals surface area contributed by atoms with Gasteiger partial charge in [-0.25, -0.2) is 9.48 Å². The molecule has 3 aromatic rings. The first-order valence-electron chi connectivity index (χ1n) is 6.72. The smallest absolute Gasteiger partial charge is 0.356 e. The second-order valence-electron chi connectivity index (χ2n) is 4.70. The lowest BCUT2D eigenvalue weighted by atomic mass is 10.1. The van der Waals surface area contributed by atoms with Gasteiger partial charge in [0.25, 0.3) is 0 Å². The first kappa shape index (κ1) is 13.9. The summed E-state index contributed by atoms with van der Waals surface area (Å²) >= 11 is 0. The summed E-state index contributed by atoms with van der Waals surface area (Å²) in [5, 5.41) is 13.4. The molecular formula is C17H14N2O3. The van der Waals surface area contributed by atoms with Crippen LogP contribution in [0.2, 0.25) is 0 Å². The lowest BCUT2D eigenvalue weighted by molar-refractivity contribution is 0.0690. The number of carboxylic acid groups (broad SMARTS) is 1. The predicted molar refractivity (Wildman–Crippen MR) is 82.5 cm³/mol. The molecule has 5 heteroatoms. The largest absolute Gasteiger partial charge is 0.497 e. The topological polar surface area (TPSA) is 64.4 Å². The van der Waals surface area contributed by atoms with Gasteiger partial charge in [-0.1, -0.05) is 36.4 Å². The molecule has 0 saturated carbocycles. The Balaban J connectivity index is 2.19. The van der Waals surface area contributed by atoms with Crippen LogP contribution in [-0.2, 0) is 0 Å². The lowest BCUT2D eigenvalue weighted by Crippen LogP contribution is -2.02. The minimum Gasteiger partial charge on any atom is -0.497 e. The third-order valence-corrected chi connectivity index (χ3v) is 3.30. The predicted octanol–water partition coefficient (Wildman–Crippen LogP) is 3.25. The molecule has 3 rings (SSSR count). The highest BCUT2D eigenvalue weighted by Crippen LogP contribution is 2.25. The van der Waals surface area contributed by atoms with E-state index in [0.29, 0.717) is 11.4 Å². The average molecular weight is 294 g/mol. The number of carbonyl (C=O) groups is 1. The molecule has 1 aromatic heterocycles. The van der Waals surface area contributed by atoms with Crippen molar-refractivity contribution >= 4 is 5.97 Å². The number of hydrogen-bond donors (Lipinski definition) is 1. The van der Waals surface area contributed by atoms with Crippen molar-refractivity contribution < 1.29 is 14.6 Å². The van der Waals surface area contributed by atoms with Gasteiger partial charge in [0.15, 0.2) is 5.69 Å². The van der Waals surface area contributed by atoms with Gasteiger partial charge in [-0.3, -0.25) is 0 Å². The molecule has 0 atom stereocenters. The Morgan fingerprint density at radius 1 is 1.09 bits per heavy atom. The number of benzene rings is 2. The third kappa shape index (κ3) is 2.56. The van der Waals surface area contributed by atoms with Gasteiger partial charge in [0.05, 0.1) is 18.5 Å². The van der Waals surface area contributed by atoms with Crippen molar-refractivity contribution in [3.05, 3.63) is 66.4 Å². The number of aromatic carboxylic acids is 1. The highest BCUT2D eigenvalue weighted by molar-refractivity contribution is 5.87. The van der Waals surface area contributed by atoms with E-state index < -0.39 is 5.97 Å². The van der Waals surface area contributed by atoms with Crippen molar-refractivity contribution in [3.8, 4) is 22.7 Å². The lowest BCUT2D eigenvalue weighted by Gasteiger charge is -2.09. The Morgan fingerprint density at radius 3 is 2.55 bits per heavy atom. The maximum Gasteiger partial charge on any atom is 0.356 e. The summed E-state index contributed by atoms with van der Waals surface area (Å²) in [7, 11) is 1.59. The van der Waals surface area contributed by atoms with E-state index in [9.17, 15) is 9.90 Å². The Bertz CT molecular complexity index is 810. The van der Waals surface area contributed by atoms with E-state index in [2.05, 4.69) is 5.10 Å². The molecule has 0 aliphatic carbocycles. The van der Waals surface area contributed by atoms with Crippen LogP contribution in [0.5, 0.6) is 5.75 Å². The highest BCUT2D eigenvalue weighted by atomic mass is 16.5. The van der Waals surface area contributed by atoms with Crippen LogP contribution in [0.4, 0.5) is 0 Å². The van der Waals surface area contributed by atoms with Gasteiger partial charge >= 0.3 is 5.97 Å². The monoisotopic (exact) mass is 294 g/mol. The number of carboxylic acids is 1. The van der Waals surface area contributed by atoms with Gasteiger partial charge in [-0.2, -0.15) is 5.10 Å². The van der Waals surface area contributed by atoms with E-state index in [1.54, 1.807) is 17.9 Å². The number of rotatable bonds is 4. The maximum atomic E-state index is 11.3. The highest BCUT2D eigenvalue weighted by Gasteiger charge is 2.16. The summed E-state index contributed by atoms with van der Waals surface area (Å²) in [5.41, 5.74) is 2.35. The zero-order valence-corrected chi connectivity index (χ0v) is 11.9. The van der Waals surface area contributed by atoms with Crippen LogP contribution in [0.15, 0.2) is 60.7 Å². The number of aromatic nitrogens is 2. The summed E-state index contributed by atoms with van der Waals surface area (Å²) in [6, 6.07) is 18.4. The molecule has 0 radical (unpaired) electrons. The first-order chi connectivity index (χ1) is 10.7. The molecule has 5 nitrogen and oxygen atoms in total. The van der Waals surface area contributed by atoms with Crippen LogP contribution in [0.25, 0.3) is 16.9 Å². The molecule has 0 unspecified atom stereocenters. The van der Waals surface area contributed by atoms with E-state index in [1.807, 2.05) is 54.6 Å². The van der Waals surface area contributed by atoms with Crippen LogP contribution >= 0.6 is 0 Å². The number of ether oxygens (including phenoxy) is 1. The summed E-state index contributed by atoms with van der Waals surface area (Å²) in [4.78, 5) is 11.3. The van der Waals surface area contributed by atoms with Crippen LogP contribution in [0, 0.1) is 0 Å². The van der Waals surface area contributed by atoms with Crippen molar-refractivity contribution in [2.45, 2.75) is 0 Å². The molecule has 0 aliphatic rings. The van der Waals surface area contributed by atoms with Gasteiger partial charge in [0.1, 0.15) is 5.75 Å². The zero-order valence-electron chi connectivity index (χ0n) is 11.9. The number of methoxy groups -OCH3 is 1. The molecule has 0 spiro atoms. The minimum atomic E-state index is -1.06. The van der Waals surface area contributed by atoms with Gasteiger partial charge < -0.3 is 9.84 Å². The first-order valence-corrected chi connectivity index (χ1v) is 6.72. The number of hydrogen-bond acceptors (Lipinski definition) is 3. The molecule has 0 saturated heterocycles. The van der Waals surface area contributed by atoms with Crippen LogP contribution in [-0.4, -0.2) is 28.0 Å². The second kappa shape index (κ2) is 5.73. The van der Waals surface area contributed by atoms with Crippen molar-refractivity contribution in [2.24, 2.45) is 0 Å². The zero-order chi connectivity index (χ0) is 15.5. The van der Waals surface area contributed by atoms with Crippen molar-refractivity contribution in [1.29, 1.82) is 0 Å². The van der Waals surface area contributed by atoms with Crippen molar-refractivity contribution in [3.63, 3.8) is 0 Å². The molecule has 0 fully saturated rings. The fourth-order valence-electron chi connectivity index (χ4n) is 2.24. The molecular weight excluding hydrogens is 280 g/mol. The van der Waals surface area contributed by atoms with Gasteiger partial charge in [0.2, 0.25) is 0 Å².